The van der Waals surface area contributed by atoms with Crippen molar-refractivity contribution in [1.82, 2.24) is 9.55 Å². The molecule has 1 N–H and O–H groups in total. The summed E-state index contributed by atoms with van der Waals surface area (Å²) in [7, 11) is 0. The van der Waals surface area contributed by atoms with E-state index in [0.29, 0.717) is 27.1 Å². The van der Waals surface area contributed by atoms with Crippen LogP contribution in [0.3, 0.4) is 0 Å². The van der Waals surface area contributed by atoms with Crippen LogP contribution in [0.15, 0.2) is 95.0 Å². The van der Waals surface area contributed by atoms with E-state index in [0.717, 1.165) is 11.1 Å². The number of halogens is 2. The molecule has 0 aliphatic carbocycles. The van der Waals surface area contributed by atoms with Gasteiger partial charge >= 0.3 is 0 Å². The molecule has 0 bridgehead atoms. The number of nitrogens with zero attached hydrogens (tertiary/aromatic N) is 2. The molecule has 0 atom stereocenters. The first kappa shape index (κ1) is 22.8. The molecule has 0 fully saturated rings. The average Bonchev–Trinajstić information content (AvgIpc) is 2.82. The molecule has 8 heteroatoms. The van der Waals surface area contributed by atoms with E-state index in [1.54, 1.807) is 48.8 Å². The Kier molecular flexibility index (Phi) is 7.22. The second kappa shape index (κ2) is 10.5. The molecule has 0 aliphatic heterocycles. The standard InChI is InChI=1S/C25H19ClFN3O2S/c26-22-6-2-1-4-18(22)14-30-15-20(11-12-23(30)31)29-24(32)21-5-3-13-28-25(21)33-16-17-7-9-19(27)10-8-17/h1-13,15H,14,16H2,(H,29,32). The summed E-state index contributed by atoms with van der Waals surface area (Å²) >= 11 is 7.61. The molecule has 5 nitrogen and oxygen atoms in total. The molecule has 0 unspecified atom stereocenters. The van der Waals surface area contributed by atoms with E-state index in [1.165, 1.54) is 34.5 Å². The van der Waals surface area contributed by atoms with Crippen LogP contribution >= 0.6 is 23.4 Å². The maximum absolute atomic E-state index is 13.1. The summed E-state index contributed by atoms with van der Waals surface area (Å²) < 4.78 is 14.6. The van der Waals surface area contributed by atoms with Gasteiger partial charge in [0.05, 0.1) is 17.8 Å². The van der Waals surface area contributed by atoms with Crippen LogP contribution in [-0.2, 0) is 12.3 Å². The van der Waals surface area contributed by atoms with Gasteiger partial charge in [-0.15, -0.1) is 11.8 Å². The summed E-state index contributed by atoms with van der Waals surface area (Å²) in [6.07, 6.45) is 3.21. The summed E-state index contributed by atoms with van der Waals surface area (Å²) in [5.41, 5.74) is 2.41. The average molecular weight is 480 g/mol. The highest BCUT2D eigenvalue weighted by atomic mass is 35.5. The SMILES string of the molecule is O=C(Nc1ccc(=O)n(Cc2ccccc2Cl)c1)c1cccnc1SCc1ccc(F)cc1. The van der Waals surface area contributed by atoms with Crippen LogP contribution in [0.2, 0.25) is 5.02 Å². The minimum absolute atomic E-state index is 0.204. The Labute approximate surface area is 199 Å². The maximum atomic E-state index is 13.1. The number of nitrogens with one attached hydrogen (secondary N) is 1. The highest BCUT2D eigenvalue weighted by molar-refractivity contribution is 7.98. The van der Waals surface area contributed by atoms with Crippen molar-refractivity contribution in [2.45, 2.75) is 17.3 Å². The fourth-order valence-electron chi connectivity index (χ4n) is 3.15. The second-order valence-corrected chi connectivity index (χ2v) is 8.57. The molecule has 2 aromatic heterocycles. The largest absolute Gasteiger partial charge is 0.321 e. The zero-order valence-electron chi connectivity index (χ0n) is 17.4. The van der Waals surface area contributed by atoms with Crippen molar-refractivity contribution < 1.29 is 9.18 Å². The van der Waals surface area contributed by atoms with Crippen molar-refractivity contribution in [2.24, 2.45) is 0 Å². The smallest absolute Gasteiger partial charge is 0.258 e. The van der Waals surface area contributed by atoms with Crippen molar-refractivity contribution >= 4 is 35.0 Å². The number of anilines is 1. The predicted octanol–water partition coefficient (Wildman–Crippen LogP) is 5.63. The van der Waals surface area contributed by atoms with Crippen LogP contribution < -0.4 is 10.9 Å². The van der Waals surface area contributed by atoms with Gasteiger partial charge in [-0.05, 0) is 47.5 Å². The van der Waals surface area contributed by atoms with E-state index >= 15 is 0 Å². The third-order valence-electron chi connectivity index (χ3n) is 4.84. The minimum Gasteiger partial charge on any atom is -0.321 e. The van der Waals surface area contributed by atoms with Crippen molar-refractivity contribution in [2.75, 3.05) is 5.32 Å². The maximum Gasteiger partial charge on any atom is 0.258 e. The fourth-order valence-corrected chi connectivity index (χ4v) is 4.29. The highest BCUT2D eigenvalue weighted by Gasteiger charge is 2.14. The van der Waals surface area contributed by atoms with E-state index in [1.807, 2.05) is 18.2 Å². The Morgan fingerprint density at radius 3 is 2.61 bits per heavy atom. The zero-order chi connectivity index (χ0) is 23.2. The van der Waals surface area contributed by atoms with Crippen molar-refractivity contribution in [1.29, 1.82) is 0 Å². The topological polar surface area (TPSA) is 64.0 Å². The first-order valence-electron chi connectivity index (χ1n) is 10.1. The van der Waals surface area contributed by atoms with Crippen molar-refractivity contribution in [3.63, 3.8) is 0 Å². The van der Waals surface area contributed by atoms with Gasteiger partial charge in [0.25, 0.3) is 11.5 Å². The van der Waals surface area contributed by atoms with Crippen molar-refractivity contribution in [3.8, 4) is 0 Å². The number of benzene rings is 2. The van der Waals surface area contributed by atoms with Gasteiger partial charge in [0.2, 0.25) is 0 Å². The molecule has 0 aliphatic rings. The quantitative estimate of drug-likeness (QED) is 0.349. The predicted molar refractivity (Wildman–Crippen MR) is 129 cm³/mol. The summed E-state index contributed by atoms with van der Waals surface area (Å²) in [6, 6.07) is 19.8. The van der Waals surface area contributed by atoms with Gasteiger partial charge in [0, 0.05) is 29.2 Å². The molecule has 0 spiro atoms. The molecule has 33 heavy (non-hydrogen) atoms. The van der Waals surface area contributed by atoms with E-state index in [2.05, 4.69) is 10.3 Å². The zero-order valence-corrected chi connectivity index (χ0v) is 18.9. The monoisotopic (exact) mass is 479 g/mol. The molecule has 0 saturated heterocycles. The lowest BCUT2D eigenvalue weighted by Crippen LogP contribution is -2.21. The molecular weight excluding hydrogens is 461 g/mol. The number of hydrogen-bond acceptors (Lipinski definition) is 4. The van der Waals surface area contributed by atoms with Crippen LogP contribution in [-0.4, -0.2) is 15.5 Å². The van der Waals surface area contributed by atoms with Crippen LogP contribution in [0, 0.1) is 5.82 Å². The minimum atomic E-state index is -0.340. The number of pyridine rings is 2. The summed E-state index contributed by atoms with van der Waals surface area (Å²) in [6.45, 7) is 0.286. The van der Waals surface area contributed by atoms with Gasteiger partial charge < -0.3 is 9.88 Å². The summed E-state index contributed by atoms with van der Waals surface area (Å²) in [5, 5.41) is 3.96. The lowest BCUT2D eigenvalue weighted by atomic mass is 10.2. The van der Waals surface area contributed by atoms with Gasteiger partial charge in [-0.3, -0.25) is 9.59 Å². The first-order chi connectivity index (χ1) is 16.0. The third kappa shape index (κ3) is 5.88. The number of carbonyl (C=O) groups is 1. The third-order valence-corrected chi connectivity index (χ3v) is 6.29. The number of aromatic nitrogens is 2. The Balaban J connectivity index is 1.50. The molecule has 0 radical (unpaired) electrons. The van der Waals surface area contributed by atoms with Crippen LogP contribution in [0.5, 0.6) is 0 Å². The lowest BCUT2D eigenvalue weighted by Gasteiger charge is -2.12. The molecule has 4 aromatic rings. The van der Waals surface area contributed by atoms with Gasteiger partial charge in [-0.2, -0.15) is 0 Å². The summed E-state index contributed by atoms with van der Waals surface area (Å²) in [4.78, 5) is 29.6. The van der Waals surface area contributed by atoms with Gasteiger partial charge in [-0.1, -0.05) is 41.9 Å². The van der Waals surface area contributed by atoms with E-state index in [4.69, 9.17) is 11.6 Å². The molecule has 166 valence electrons. The van der Waals surface area contributed by atoms with Crippen molar-refractivity contribution in [3.05, 3.63) is 123 Å². The number of rotatable bonds is 7. The van der Waals surface area contributed by atoms with Crippen LogP contribution in [0.1, 0.15) is 21.5 Å². The molecule has 2 aromatic carbocycles. The van der Waals surface area contributed by atoms with Gasteiger partial charge in [0.15, 0.2) is 0 Å². The van der Waals surface area contributed by atoms with Gasteiger partial charge in [-0.25, -0.2) is 9.37 Å². The first-order valence-corrected chi connectivity index (χ1v) is 11.4. The van der Waals surface area contributed by atoms with E-state index in [9.17, 15) is 14.0 Å². The molecular formula is C25H19ClFN3O2S. The fraction of sp³-hybridized carbons (Fsp3) is 0.0800. The second-order valence-electron chi connectivity index (χ2n) is 7.20. The van der Waals surface area contributed by atoms with Gasteiger partial charge in [0.1, 0.15) is 10.8 Å². The Morgan fingerprint density at radius 1 is 1.03 bits per heavy atom. The Morgan fingerprint density at radius 2 is 1.82 bits per heavy atom. The van der Waals surface area contributed by atoms with E-state index in [-0.39, 0.29) is 23.8 Å². The van der Waals surface area contributed by atoms with E-state index < -0.39 is 0 Å². The number of amides is 1. The molecule has 1 amide bonds. The lowest BCUT2D eigenvalue weighted by molar-refractivity contribution is 0.102. The number of carbonyl (C=O) groups excluding carboxylic acids is 1. The van der Waals surface area contributed by atoms with Crippen LogP contribution in [0.25, 0.3) is 0 Å². The highest BCUT2D eigenvalue weighted by Crippen LogP contribution is 2.25. The molecule has 2 heterocycles. The normalized spacial score (nSPS) is 10.7. The molecule has 4 rings (SSSR count). The number of hydrogen-bond donors (Lipinski definition) is 1. The molecule has 0 saturated carbocycles. The Hall–Kier alpha value is -3.42. The number of thioether (sulfide) groups is 1. The van der Waals surface area contributed by atoms with Crippen LogP contribution in [0.4, 0.5) is 10.1 Å². The Bertz CT molecular complexity index is 1340. The summed E-state index contributed by atoms with van der Waals surface area (Å²) in [5.74, 6) is -0.0921.